The second kappa shape index (κ2) is 6.40. The Morgan fingerprint density at radius 1 is 1.16 bits per heavy atom. The van der Waals surface area contributed by atoms with E-state index in [0.717, 1.165) is 12.1 Å². The van der Waals surface area contributed by atoms with E-state index in [1.807, 2.05) is 6.92 Å². The van der Waals surface area contributed by atoms with Crippen LogP contribution in [-0.4, -0.2) is 20.2 Å². The zero-order valence-corrected chi connectivity index (χ0v) is 14.1. The van der Waals surface area contributed by atoms with E-state index < -0.39 is 11.7 Å². The monoisotopic (exact) mass is 366 g/mol. The van der Waals surface area contributed by atoms with Crippen LogP contribution in [-0.2, 0) is 6.18 Å². The van der Waals surface area contributed by atoms with Crippen molar-refractivity contribution >= 4 is 11.3 Å². The van der Waals surface area contributed by atoms with Crippen molar-refractivity contribution in [1.82, 2.24) is 20.2 Å². The number of aryl methyl sites for hydroxylation is 1. The smallest absolute Gasteiger partial charge is 0.311 e. The molecule has 0 aliphatic carbocycles. The molecule has 0 spiro atoms. The molecule has 1 N–H and O–H groups in total. The highest BCUT2D eigenvalue weighted by Crippen LogP contribution is 2.33. The topological polar surface area (TPSA) is 71.5 Å². The highest BCUT2D eigenvalue weighted by molar-refractivity contribution is 7.14. The maximum Gasteiger partial charge on any atom is 0.416 e. The molecule has 0 bridgehead atoms. The summed E-state index contributed by atoms with van der Waals surface area (Å²) < 4.78 is 37.9. The molecule has 3 rings (SSSR count). The van der Waals surface area contributed by atoms with Crippen molar-refractivity contribution in [3.05, 3.63) is 62.6 Å². The van der Waals surface area contributed by atoms with Gasteiger partial charge in [0, 0.05) is 12.0 Å². The highest BCUT2D eigenvalue weighted by atomic mass is 32.1. The zero-order valence-electron chi connectivity index (χ0n) is 13.3. The van der Waals surface area contributed by atoms with Crippen LogP contribution in [0.3, 0.4) is 0 Å². The number of aromatic amines is 1. The predicted octanol–water partition coefficient (Wildman–Crippen LogP) is 3.77. The zero-order chi connectivity index (χ0) is 18.2. The summed E-state index contributed by atoms with van der Waals surface area (Å²) >= 11 is 1.26. The first-order valence-electron chi connectivity index (χ1n) is 7.33. The molecule has 2 aromatic heterocycles. The average Bonchev–Trinajstić information content (AvgIpc) is 3.02. The molecule has 25 heavy (non-hydrogen) atoms. The fourth-order valence-electron chi connectivity index (χ4n) is 2.31. The minimum absolute atomic E-state index is 0.225. The first-order chi connectivity index (χ1) is 11.7. The van der Waals surface area contributed by atoms with Crippen LogP contribution in [0.2, 0.25) is 0 Å². The fourth-order valence-corrected chi connectivity index (χ4v) is 3.19. The van der Waals surface area contributed by atoms with Gasteiger partial charge in [0.1, 0.15) is 16.5 Å². The Labute approximate surface area is 144 Å². The van der Waals surface area contributed by atoms with Gasteiger partial charge in [0.05, 0.1) is 5.56 Å². The number of benzene rings is 1. The molecule has 0 unspecified atom stereocenters. The van der Waals surface area contributed by atoms with Gasteiger partial charge in [-0.3, -0.25) is 4.79 Å². The van der Waals surface area contributed by atoms with Gasteiger partial charge < -0.3 is 4.98 Å². The summed E-state index contributed by atoms with van der Waals surface area (Å²) in [7, 11) is 0. The SMILES string of the molecule is Cc1nc(-c2nnc([C@H](C)c3ccc(C(F)(F)F)cc3)s2)cc(=O)[nH]1. The highest BCUT2D eigenvalue weighted by Gasteiger charge is 2.30. The van der Waals surface area contributed by atoms with Gasteiger partial charge in [-0.2, -0.15) is 13.2 Å². The Kier molecular flexibility index (Phi) is 4.42. The Morgan fingerprint density at radius 2 is 1.84 bits per heavy atom. The van der Waals surface area contributed by atoms with Gasteiger partial charge in [0.25, 0.3) is 5.56 Å². The van der Waals surface area contributed by atoms with Gasteiger partial charge in [-0.15, -0.1) is 10.2 Å². The van der Waals surface area contributed by atoms with E-state index in [9.17, 15) is 18.0 Å². The lowest BCUT2D eigenvalue weighted by Gasteiger charge is -2.10. The van der Waals surface area contributed by atoms with Gasteiger partial charge >= 0.3 is 6.18 Å². The number of H-pyrrole nitrogens is 1. The lowest BCUT2D eigenvalue weighted by atomic mass is 10.0. The number of hydrogen-bond acceptors (Lipinski definition) is 5. The summed E-state index contributed by atoms with van der Waals surface area (Å²) in [6, 6.07) is 6.30. The van der Waals surface area contributed by atoms with Crippen molar-refractivity contribution in [3.63, 3.8) is 0 Å². The molecule has 0 saturated carbocycles. The third kappa shape index (κ3) is 3.76. The second-order valence-corrected chi connectivity index (χ2v) is 6.51. The molecule has 9 heteroatoms. The van der Waals surface area contributed by atoms with Crippen LogP contribution in [0.5, 0.6) is 0 Å². The summed E-state index contributed by atoms with van der Waals surface area (Å²) in [5, 5.41) is 9.26. The third-order valence-electron chi connectivity index (χ3n) is 3.63. The van der Waals surface area contributed by atoms with Gasteiger partial charge in [0.15, 0.2) is 5.01 Å². The lowest BCUT2D eigenvalue weighted by molar-refractivity contribution is -0.137. The van der Waals surface area contributed by atoms with Crippen molar-refractivity contribution in [2.45, 2.75) is 25.9 Å². The Morgan fingerprint density at radius 3 is 2.44 bits per heavy atom. The second-order valence-electron chi connectivity index (χ2n) is 5.50. The molecular formula is C16H13F3N4OS. The van der Waals surface area contributed by atoms with Gasteiger partial charge in [-0.1, -0.05) is 30.4 Å². The van der Waals surface area contributed by atoms with Gasteiger partial charge in [0.2, 0.25) is 0 Å². The fraction of sp³-hybridized carbons (Fsp3) is 0.250. The van der Waals surface area contributed by atoms with Crippen LogP contribution in [0.15, 0.2) is 35.1 Å². The van der Waals surface area contributed by atoms with Crippen LogP contribution in [0, 0.1) is 6.92 Å². The molecule has 2 heterocycles. The number of nitrogens with one attached hydrogen (secondary N) is 1. The quantitative estimate of drug-likeness (QED) is 0.766. The Bertz CT molecular complexity index is 947. The molecule has 0 amide bonds. The number of alkyl halides is 3. The minimum Gasteiger partial charge on any atom is -0.311 e. The van der Waals surface area contributed by atoms with Crippen molar-refractivity contribution in [2.75, 3.05) is 0 Å². The number of hydrogen-bond donors (Lipinski definition) is 1. The summed E-state index contributed by atoms with van der Waals surface area (Å²) in [6.07, 6.45) is -4.36. The van der Waals surface area contributed by atoms with Gasteiger partial charge in [-0.25, -0.2) is 4.98 Å². The van der Waals surface area contributed by atoms with Crippen LogP contribution in [0.4, 0.5) is 13.2 Å². The third-order valence-corrected chi connectivity index (χ3v) is 4.76. The maximum atomic E-state index is 12.6. The van der Waals surface area contributed by atoms with Crippen LogP contribution in [0.25, 0.3) is 10.7 Å². The Balaban J connectivity index is 1.87. The molecule has 1 aromatic carbocycles. The normalized spacial score (nSPS) is 13.0. The molecule has 5 nitrogen and oxygen atoms in total. The maximum absolute atomic E-state index is 12.6. The van der Waals surface area contributed by atoms with E-state index in [2.05, 4.69) is 20.2 Å². The lowest BCUT2D eigenvalue weighted by Crippen LogP contribution is -2.08. The molecule has 0 aliphatic rings. The summed E-state index contributed by atoms with van der Waals surface area (Å²) in [6.45, 7) is 3.50. The van der Waals surface area contributed by atoms with E-state index in [0.29, 0.717) is 27.1 Å². The molecule has 3 aromatic rings. The van der Waals surface area contributed by atoms with E-state index in [1.54, 1.807) is 6.92 Å². The largest absolute Gasteiger partial charge is 0.416 e. The molecule has 0 saturated heterocycles. The summed E-state index contributed by atoms with van der Waals surface area (Å²) in [5.41, 5.74) is 0.148. The Hall–Kier alpha value is -2.55. The number of nitrogens with zero attached hydrogens (tertiary/aromatic N) is 3. The van der Waals surface area contributed by atoms with Crippen LogP contribution >= 0.6 is 11.3 Å². The van der Waals surface area contributed by atoms with E-state index in [-0.39, 0.29) is 11.5 Å². The van der Waals surface area contributed by atoms with Crippen LogP contribution in [0.1, 0.15) is 34.8 Å². The van der Waals surface area contributed by atoms with Crippen molar-refractivity contribution < 1.29 is 13.2 Å². The first-order valence-corrected chi connectivity index (χ1v) is 8.14. The number of halogens is 3. The average molecular weight is 366 g/mol. The summed E-state index contributed by atoms with van der Waals surface area (Å²) in [4.78, 5) is 18.3. The van der Waals surface area contributed by atoms with Crippen molar-refractivity contribution in [1.29, 1.82) is 0 Å². The number of aromatic nitrogens is 4. The molecule has 0 fully saturated rings. The summed E-state index contributed by atoms with van der Waals surface area (Å²) in [5.74, 6) is 0.242. The van der Waals surface area contributed by atoms with E-state index in [1.165, 1.54) is 29.5 Å². The first kappa shape index (κ1) is 17.3. The van der Waals surface area contributed by atoms with E-state index in [4.69, 9.17) is 0 Å². The molecular weight excluding hydrogens is 353 g/mol. The van der Waals surface area contributed by atoms with Crippen molar-refractivity contribution in [2.24, 2.45) is 0 Å². The minimum atomic E-state index is -4.36. The molecule has 0 radical (unpaired) electrons. The standard InChI is InChI=1S/C16H13F3N4OS/c1-8(10-3-5-11(6-4-10)16(17,18)19)14-22-23-15(25-14)12-7-13(24)21-9(2)20-12/h3-8H,1-2H3,(H,20,21,24)/t8-/m1/s1. The van der Waals surface area contributed by atoms with Crippen molar-refractivity contribution in [3.8, 4) is 10.7 Å². The van der Waals surface area contributed by atoms with Crippen LogP contribution < -0.4 is 5.56 Å². The van der Waals surface area contributed by atoms with Gasteiger partial charge in [-0.05, 0) is 24.6 Å². The predicted molar refractivity (Wildman–Crippen MR) is 87.5 cm³/mol. The molecule has 1 atom stereocenters. The number of rotatable bonds is 3. The molecule has 130 valence electrons. The van der Waals surface area contributed by atoms with E-state index >= 15 is 0 Å². The molecule has 0 aliphatic heterocycles.